The molecule has 5 rings (SSSR count). The van der Waals surface area contributed by atoms with Gasteiger partial charge in [0.05, 0.1) is 7.11 Å². The first-order valence-electron chi connectivity index (χ1n) is 10.3. The van der Waals surface area contributed by atoms with E-state index in [0.29, 0.717) is 5.88 Å². The predicted octanol–water partition coefficient (Wildman–Crippen LogP) is 5.72. The lowest BCUT2D eigenvalue weighted by atomic mass is 10.0. The van der Waals surface area contributed by atoms with E-state index in [9.17, 15) is 0 Å². The Morgan fingerprint density at radius 3 is 2.35 bits per heavy atom. The fourth-order valence-corrected chi connectivity index (χ4v) is 3.78. The first-order valence-corrected chi connectivity index (χ1v) is 10.3. The molecule has 5 heteroatoms. The average molecular weight is 406 g/mol. The average Bonchev–Trinajstić information content (AvgIpc) is 2.84. The van der Waals surface area contributed by atoms with Gasteiger partial charge in [0.2, 0.25) is 5.88 Å². The van der Waals surface area contributed by atoms with Crippen molar-refractivity contribution in [1.82, 2.24) is 15.0 Å². The Bertz CT molecular complexity index is 1350. The van der Waals surface area contributed by atoms with Crippen LogP contribution in [0.5, 0.6) is 5.88 Å². The molecule has 5 nitrogen and oxygen atoms in total. The first kappa shape index (κ1) is 19.0. The number of nitrogens with one attached hydrogen (secondary N) is 1. The molecule has 3 heterocycles. The maximum absolute atomic E-state index is 5.14. The molecule has 0 atom stereocenters. The van der Waals surface area contributed by atoms with E-state index in [-0.39, 0.29) is 0 Å². The molecule has 0 radical (unpaired) electrons. The number of aromatic nitrogens is 3. The highest BCUT2D eigenvalue weighted by Crippen LogP contribution is 2.28. The number of ether oxygens (including phenoxy) is 1. The van der Waals surface area contributed by atoms with Crippen LogP contribution in [0.1, 0.15) is 11.1 Å². The molecule has 0 fully saturated rings. The predicted molar refractivity (Wildman–Crippen MR) is 125 cm³/mol. The van der Waals surface area contributed by atoms with Crippen LogP contribution in [-0.4, -0.2) is 22.1 Å². The third kappa shape index (κ3) is 4.03. The summed E-state index contributed by atoms with van der Waals surface area (Å²) in [7, 11) is 1.63. The number of benzene rings is 2. The molecule has 0 spiro atoms. The summed E-state index contributed by atoms with van der Waals surface area (Å²) in [6.45, 7) is 0. The quantitative estimate of drug-likeness (QED) is 0.391. The third-order valence-electron chi connectivity index (χ3n) is 5.44. The van der Waals surface area contributed by atoms with Crippen molar-refractivity contribution in [1.29, 1.82) is 0 Å². The van der Waals surface area contributed by atoms with Gasteiger partial charge in [0, 0.05) is 35.4 Å². The van der Waals surface area contributed by atoms with Gasteiger partial charge in [0.15, 0.2) is 0 Å². The summed E-state index contributed by atoms with van der Waals surface area (Å²) >= 11 is 0. The lowest BCUT2D eigenvalue weighted by Gasteiger charge is -2.12. The van der Waals surface area contributed by atoms with Gasteiger partial charge < -0.3 is 10.1 Å². The molecule has 0 saturated carbocycles. The van der Waals surface area contributed by atoms with Crippen molar-refractivity contribution in [3.8, 4) is 5.88 Å². The van der Waals surface area contributed by atoms with Crippen molar-refractivity contribution in [3.63, 3.8) is 0 Å². The fourth-order valence-electron chi connectivity index (χ4n) is 3.78. The molecule has 1 N–H and O–H groups in total. The lowest BCUT2D eigenvalue weighted by molar-refractivity contribution is 0.397. The van der Waals surface area contributed by atoms with Gasteiger partial charge >= 0.3 is 0 Å². The van der Waals surface area contributed by atoms with Gasteiger partial charge in [-0.25, -0.2) is 15.0 Å². The SMILES string of the molecule is COc1ccc(CCc2cnc(Nc3cc4ccccc4cn3)c3ccccc23)cn1. The van der Waals surface area contributed by atoms with Crippen molar-refractivity contribution in [2.45, 2.75) is 12.8 Å². The second-order valence-corrected chi connectivity index (χ2v) is 7.43. The highest BCUT2D eigenvalue weighted by atomic mass is 16.5. The number of aryl methyl sites for hydroxylation is 2. The lowest BCUT2D eigenvalue weighted by Crippen LogP contribution is -2.00. The third-order valence-corrected chi connectivity index (χ3v) is 5.44. The summed E-state index contributed by atoms with van der Waals surface area (Å²) in [5.74, 6) is 2.23. The highest BCUT2D eigenvalue weighted by Gasteiger charge is 2.09. The summed E-state index contributed by atoms with van der Waals surface area (Å²) in [6.07, 6.45) is 7.49. The fraction of sp³-hybridized carbons (Fsp3) is 0.115. The Labute approximate surface area is 180 Å². The Morgan fingerprint density at radius 1 is 0.742 bits per heavy atom. The Balaban J connectivity index is 1.42. The van der Waals surface area contributed by atoms with Gasteiger partial charge in [0.25, 0.3) is 0 Å². The van der Waals surface area contributed by atoms with Crippen molar-refractivity contribution >= 4 is 33.2 Å². The van der Waals surface area contributed by atoms with Crippen molar-refractivity contribution in [2.24, 2.45) is 0 Å². The molecule has 0 amide bonds. The van der Waals surface area contributed by atoms with E-state index in [0.717, 1.165) is 40.6 Å². The van der Waals surface area contributed by atoms with Crippen LogP contribution in [0.15, 0.2) is 85.3 Å². The van der Waals surface area contributed by atoms with Gasteiger partial charge in [-0.2, -0.15) is 0 Å². The molecule has 31 heavy (non-hydrogen) atoms. The highest BCUT2D eigenvalue weighted by molar-refractivity contribution is 5.95. The van der Waals surface area contributed by atoms with Crippen LogP contribution in [0.2, 0.25) is 0 Å². The monoisotopic (exact) mass is 406 g/mol. The van der Waals surface area contributed by atoms with Crippen LogP contribution < -0.4 is 10.1 Å². The largest absolute Gasteiger partial charge is 0.481 e. The number of anilines is 2. The second-order valence-electron chi connectivity index (χ2n) is 7.43. The maximum Gasteiger partial charge on any atom is 0.212 e. The van der Waals surface area contributed by atoms with E-state index >= 15 is 0 Å². The van der Waals surface area contributed by atoms with E-state index in [1.54, 1.807) is 7.11 Å². The molecule has 0 aliphatic carbocycles. The number of rotatable bonds is 6. The zero-order valence-electron chi connectivity index (χ0n) is 17.2. The van der Waals surface area contributed by atoms with Gasteiger partial charge in [-0.15, -0.1) is 0 Å². The van der Waals surface area contributed by atoms with E-state index in [1.807, 2.05) is 42.9 Å². The normalized spacial score (nSPS) is 11.0. The topological polar surface area (TPSA) is 59.9 Å². The zero-order valence-corrected chi connectivity index (χ0v) is 17.2. The van der Waals surface area contributed by atoms with E-state index in [4.69, 9.17) is 9.72 Å². The molecule has 0 unspecified atom stereocenters. The van der Waals surface area contributed by atoms with Crippen molar-refractivity contribution in [2.75, 3.05) is 12.4 Å². The molecule has 2 aromatic carbocycles. The number of fused-ring (bicyclic) bond motifs is 2. The standard InChI is InChI=1S/C26H22N4O/c1-31-25-13-11-18(15-28-25)10-12-21-17-29-26(23-9-5-4-8-22(21)23)30-24-14-19-6-2-3-7-20(19)16-27-24/h2-9,11,13-17H,10,12H2,1H3,(H,27,29,30). The number of nitrogens with zero attached hydrogens (tertiary/aromatic N) is 3. The van der Waals surface area contributed by atoms with E-state index in [1.165, 1.54) is 16.5 Å². The van der Waals surface area contributed by atoms with Crippen LogP contribution in [0.25, 0.3) is 21.5 Å². The Morgan fingerprint density at radius 2 is 1.55 bits per heavy atom. The summed E-state index contributed by atoms with van der Waals surface area (Å²) in [6, 6.07) is 22.6. The molecule has 152 valence electrons. The molecular formula is C26H22N4O. The molecule has 0 bridgehead atoms. The summed E-state index contributed by atoms with van der Waals surface area (Å²) in [5, 5.41) is 7.96. The number of pyridine rings is 3. The minimum atomic E-state index is 0.633. The first-order chi connectivity index (χ1) is 15.3. The maximum atomic E-state index is 5.14. The Hall–Kier alpha value is -3.99. The van der Waals surface area contributed by atoms with Crippen molar-refractivity contribution < 1.29 is 4.74 Å². The van der Waals surface area contributed by atoms with Crippen LogP contribution in [-0.2, 0) is 12.8 Å². The second kappa shape index (κ2) is 8.40. The number of hydrogen-bond donors (Lipinski definition) is 1. The molecule has 5 aromatic rings. The summed E-state index contributed by atoms with van der Waals surface area (Å²) < 4.78 is 5.14. The minimum Gasteiger partial charge on any atom is -0.481 e. The Kier molecular flexibility index (Phi) is 5.15. The number of methoxy groups -OCH3 is 1. The van der Waals surface area contributed by atoms with Crippen molar-refractivity contribution in [3.05, 3.63) is 96.4 Å². The molecule has 0 aliphatic heterocycles. The number of hydrogen-bond acceptors (Lipinski definition) is 5. The van der Waals surface area contributed by atoms with Crippen LogP contribution >= 0.6 is 0 Å². The van der Waals surface area contributed by atoms with Crippen LogP contribution in [0.4, 0.5) is 11.6 Å². The van der Waals surface area contributed by atoms with Gasteiger partial charge in [-0.3, -0.25) is 0 Å². The molecular weight excluding hydrogens is 384 g/mol. The van der Waals surface area contributed by atoms with Gasteiger partial charge in [-0.1, -0.05) is 54.6 Å². The van der Waals surface area contributed by atoms with Crippen LogP contribution in [0, 0.1) is 0 Å². The summed E-state index contributed by atoms with van der Waals surface area (Å²) in [5.41, 5.74) is 2.39. The van der Waals surface area contributed by atoms with Crippen LogP contribution in [0.3, 0.4) is 0 Å². The molecule has 0 aliphatic rings. The van der Waals surface area contributed by atoms with E-state index < -0.39 is 0 Å². The molecule has 0 saturated heterocycles. The zero-order chi connectivity index (χ0) is 21.0. The smallest absolute Gasteiger partial charge is 0.212 e. The minimum absolute atomic E-state index is 0.633. The van der Waals surface area contributed by atoms with Gasteiger partial charge in [0.1, 0.15) is 11.6 Å². The van der Waals surface area contributed by atoms with Gasteiger partial charge in [-0.05, 0) is 40.8 Å². The summed E-state index contributed by atoms with van der Waals surface area (Å²) in [4.78, 5) is 13.6. The molecule has 3 aromatic heterocycles. The van der Waals surface area contributed by atoms with E-state index in [2.05, 4.69) is 57.7 Å².